The van der Waals surface area contributed by atoms with Crippen LogP contribution in [0.4, 0.5) is 11.4 Å². The van der Waals surface area contributed by atoms with Crippen LogP contribution in [-0.4, -0.2) is 16.1 Å². The molecule has 94 valence electrons. The Kier molecular flexibility index (Phi) is 3.58. The first-order valence-electron chi connectivity index (χ1n) is 5.06. The Morgan fingerprint density at radius 1 is 1.56 bits per heavy atom. The molecule has 0 atom stereocenters. The van der Waals surface area contributed by atoms with Crippen molar-refractivity contribution in [3.05, 3.63) is 39.1 Å². The number of H-pyrrole nitrogens is 1. The van der Waals surface area contributed by atoms with Crippen LogP contribution in [0.25, 0.3) is 0 Å². The largest absolute Gasteiger partial charge is 0.395 e. The topological polar surface area (TPSA) is 83.8 Å². The molecule has 2 aromatic rings. The summed E-state index contributed by atoms with van der Waals surface area (Å²) in [5.41, 5.74) is 7.52. The summed E-state index contributed by atoms with van der Waals surface area (Å²) in [4.78, 5) is 12.0. The number of aryl methyl sites for hydroxylation is 1. The zero-order valence-corrected chi connectivity index (χ0v) is 11.8. The normalized spacial score (nSPS) is 10.4. The second kappa shape index (κ2) is 4.99. The predicted molar refractivity (Wildman–Crippen MR) is 74.8 cm³/mol. The first-order valence-corrected chi connectivity index (χ1v) is 6.23. The summed E-state index contributed by atoms with van der Waals surface area (Å²) in [5, 5.41) is 9.79. The van der Waals surface area contributed by atoms with Gasteiger partial charge >= 0.3 is 0 Å². The summed E-state index contributed by atoms with van der Waals surface area (Å²) in [5.74, 6) is -0.375. The molecule has 0 spiro atoms. The molecule has 1 amide bonds. The summed E-state index contributed by atoms with van der Waals surface area (Å²) >= 11 is 9.13. The number of nitrogen functional groups attached to an aromatic ring is 1. The number of halogens is 2. The number of hydrogen-bond donors (Lipinski definition) is 3. The van der Waals surface area contributed by atoms with Gasteiger partial charge in [-0.25, -0.2) is 0 Å². The van der Waals surface area contributed by atoms with E-state index in [1.807, 2.05) is 0 Å². The third kappa shape index (κ3) is 2.49. The molecule has 1 aromatic carbocycles. The molecule has 0 aliphatic heterocycles. The highest BCUT2D eigenvalue weighted by atomic mass is 79.9. The van der Waals surface area contributed by atoms with Gasteiger partial charge in [-0.2, -0.15) is 5.10 Å². The average molecular weight is 330 g/mol. The summed E-state index contributed by atoms with van der Waals surface area (Å²) in [6, 6.07) is 5.07. The van der Waals surface area contributed by atoms with Crippen molar-refractivity contribution in [1.29, 1.82) is 0 Å². The number of aromatic nitrogens is 2. The standard InChI is InChI=1S/C11H10BrClN4O/c1-5-9(14)10(17-16-5)11(18)15-8-3-2-6(13)4-7(8)12/h2-4H,14H2,1H3,(H,15,18)(H,16,17). The molecule has 1 aromatic heterocycles. The molecule has 0 aliphatic rings. The van der Waals surface area contributed by atoms with E-state index in [1.54, 1.807) is 25.1 Å². The molecule has 2 rings (SSSR count). The van der Waals surface area contributed by atoms with Crippen molar-refractivity contribution in [2.24, 2.45) is 0 Å². The molecule has 5 nitrogen and oxygen atoms in total. The average Bonchev–Trinajstić information content (AvgIpc) is 2.64. The Morgan fingerprint density at radius 2 is 2.28 bits per heavy atom. The van der Waals surface area contributed by atoms with Crippen molar-refractivity contribution in [3.63, 3.8) is 0 Å². The number of nitrogens with two attached hydrogens (primary N) is 1. The minimum absolute atomic E-state index is 0.175. The van der Waals surface area contributed by atoms with E-state index >= 15 is 0 Å². The van der Waals surface area contributed by atoms with Crippen LogP contribution < -0.4 is 11.1 Å². The van der Waals surface area contributed by atoms with Gasteiger partial charge in [0.25, 0.3) is 5.91 Å². The van der Waals surface area contributed by atoms with Crippen LogP contribution in [0.15, 0.2) is 22.7 Å². The molecule has 0 saturated carbocycles. The Hall–Kier alpha value is -1.53. The van der Waals surface area contributed by atoms with Gasteiger partial charge in [-0.15, -0.1) is 0 Å². The first kappa shape index (κ1) is 12.9. The van der Waals surface area contributed by atoms with Crippen LogP contribution in [0.1, 0.15) is 16.2 Å². The van der Waals surface area contributed by atoms with Crippen molar-refractivity contribution in [2.45, 2.75) is 6.92 Å². The van der Waals surface area contributed by atoms with E-state index in [1.165, 1.54) is 0 Å². The fraction of sp³-hybridized carbons (Fsp3) is 0.0909. The molecule has 0 unspecified atom stereocenters. The minimum Gasteiger partial charge on any atom is -0.395 e. The smallest absolute Gasteiger partial charge is 0.278 e. The number of anilines is 2. The van der Waals surface area contributed by atoms with Crippen LogP contribution in [0.3, 0.4) is 0 Å². The lowest BCUT2D eigenvalue weighted by atomic mass is 10.2. The number of nitrogens with one attached hydrogen (secondary N) is 2. The monoisotopic (exact) mass is 328 g/mol. The molecule has 7 heteroatoms. The highest BCUT2D eigenvalue weighted by molar-refractivity contribution is 9.10. The Bertz CT molecular complexity index is 611. The van der Waals surface area contributed by atoms with Crippen LogP contribution >= 0.6 is 27.5 Å². The van der Waals surface area contributed by atoms with E-state index in [4.69, 9.17) is 17.3 Å². The van der Waals surface area contributed by atoms with E-state index < -0.39 is 0 Å². The molecule has 0 saturated heterocycles. The van der Waals surface area contributed by atoms with Crippen molar-refractivity contribution >= 4 is 44.8 Å². The van der Waals surface area contributed by atoms with Crippen molar-refractivity contribution in [3.8, 4) is 0 Å². The fourth-order valence-electron chi connectivity index (χ4n) is 1.38. The van der Waals surface area contributed by atoms with Gasteiger partial charge in [-0.3, -0.25) is 9.89 Å². The molecular weight excluding hydrogens is 320 g/mol. The van der Waals surface area contributed by atoms with E-state index in [9.17, 15) is 4.79 Å². The highest BCUT2D eigenvalue weighted by Crippen LogP contribution is 2.26. The third-order valence-corrected chi connectivity index (χ3v) is 3.28. The second-order valence-electron chi connectivity index (χ2n) is 3.69. The molecule has 0 aliphatic carbocycles. The van der Waals surface area contributed by atoms with Crippen LogP contribution in [0.2, 0.25) is 5.02 Å². The number of carbonyl (C=O) groups is 1. The minimum atomic E-state index is -0.375. The van der Waals surface area contributed by atoms with Crippen molar-refractivity contribution in [1.82, 2.24) is 10.2 Å². The van der Waals surface area contributed by atoms with Gasteiger partial charge in [-0.1, -0.05) is 11.6 Å². The maximum Gasteiger partial charge on any atom is 0.278 e. The maximum atomic E-state index is 12.0. The number of rotatable bonds is 2. The maximum absolute atomic E-state index is 12.0. The van der Waals surface area contributed by atoms with Gasteiger partial charge in [0.2, 0.25) is 0 Å². The van der Waals surface area contributed by atoms with Gasteiger partial charge in [0.05, 0.1) is 17.1 Å². The third-order valence-electron chi connectivity index (χ3n) is 2.39. The number of carbonyl (C=O) groups excluding carboxylic acids is 1. The first-order chi connectivity index (χ1) is 8.49. The lowest BCUT2D eigenvalue weighted by Gasteiger charge is -2.06. The number of hydrogen-bond acceptors (Lipinski definition) is 3. The molecule has 0 bridgehead atoms. The number of aromatic amines is 1. The van der Waals surface area contributed by atoms with Crippen molar-refractivity contribution < 1.29 is 4.79 Å². The van der Waals surface area contributed by atoms with E-state index in [2.05, 4.69) is 31.4 Å². The van der Waals surface area contributed by atoms with Gasteiger partial charge in [-0.05, 0) is 41.1 Å². The predicted octanol–water partition coefficient (Wildman–Crippen LogP) is 2.97. The molecule has 18 heavy (non-hydrogen) atoms. The molecule has 0 fully saturated rings. The Balaban J connectivity index is 2.24. The number of nitrogens with zero attached hydrogens (tertiary/aromatic N) is 1. The lowest BCUT2D eigenvalue weighted by molar-refractivity contribution is 0.102. The van der Waals surface area contributed by atoms with E-state index in [0.717, 1.165) is 0 Å². The van der Waals surface area contributed by atoms with Gasteiger partial charge in [0.15, 0.2) is 5.69 Å². The zero-order chi connectivity index (χ0) is 13.3. The van der Waals surface area contributed by atoms with Crippen LogP contribution in [-0.2, 0) is 0 Å². The van der Waals surface area contributed by atoms with Gasteiger partial charge in [0.1, 0.15) is 0 Å². The van der Waals surface area contributed by atoms with Crippen molar-refractivity contribution in [2.75, 3.05) is 11.1 Å². The Labute approximate surface area is 117 Å². The summed E-state index contributed by atoms with van der Waals surface area (Å²) in [6.07, 6.45) is 0. The molecule has 1 heterocycles. The summed E-state index contributed by atoms with van der Waals surface area (Å²) in [7, 11) is 0. The lowest BCUT2D eigenvalue weighted by Crippen LogP contribution is -2.14. The SMILES string of the molecule is Cc1[nH]nc(C(=O)Nc2ccc(Cl)cc2Br)c1N. The summed E-state index contributed by atoms with van der Waals surface area (Å²) in [6.45, 7) is 1.75. The van der Waals surface area contributed by atoms with E-state index in [-0.39, 0.29) is 11.6 Å². The fourth-order valence-corrected chi connectivity index (χ4v) is 2.17. The van der Waals surface area contributed by atoms with E-state index in [0.29, 0.717) is 26.6 Å². The van der Waals surface area contributed by atoms with Gasteiger partial charge in [0, 0.05) is 9.50 Å². The van der Waals surface area contributed by atoms with Gasteiger partial charge < -0.3 is 11.1 Å². The molecule has 0 radical (unpaired) electrons. The quantitative estimate of drug-likeness (QED) is 0.792. The molecule has 4 N–H and O–H groups in total. The second-order valence-corrected chi connectivity index (χ2v) is 4.98. The summed E-state index contributed by atoms with van der Waals surface area (Å²) < 4.78 is 0.689. The molecular formula is C11H10BrClN4O. The zero-order valence-electron chi connectivity index (χ0n) is 9.42. The van der Waals surface area contributed by atoms with Crippen LogP contribution in [0.5, 0.6) is 0 Å². The number of benzene rings is 1. The van der Waals surface area contributed by atoms with Crippen LogP contribution in [0, 0.1) is 6.92 Å². The highest BCUT2D eigenvalue weighted by Gasteiger charge is 2.16. The number of amides is 1. The Morgan fingerprint density at radius 3 is 2.83 bits per heavy atom.